The van der Waals surface area contributed by atoms with Crippen molar-refractivity contribution in [1.29, 1.82) is 0 Å². The molecule has 122 valence electrons. The first kappa shape index (κ1) is 15.5. The van der Waals surface area contributed by atoms with Crippen molar-refractivity contribution in [1.82, 2.24) is 10.4 Å². The summed E-state index contributed by atoms with van der Waals surface area (Å²) in [6.45, 7) is 2.84. The molecular weight excluding hydrogens is 310 g/mol. The summed E-state index contributed by atoms with van der Waals surface area (Å²) >= 11 is 0. The highest BCUT2D eigenvalue weighted by molar-refractivity contribution is 6.07. The lowest BCUT2D eigenvalue weighted by molar-refractivity contribution is 0.0959. The van der Waals surface area contributed by atoms with E-state index in [2.05, 4.69) is 15.8 Å². The monoisotopic (exact) mass is 325 g/mol. The molecule has 0 aliphatic carbocycles. The van der Waals surface area contributed by atoms with Crippen LogP contribution in [0.5, 0.6) is 0 Å². The molecule has 24 heavy (non-hydrogen) atoms. The molecule has 0 fully saturated rings. The molecule has 1 aromatic carbocycles. The Morgan fingerprint density at radius 1 is 1.21 bits per heavy atom. The molecule has 7 heteroatoms. The van der Waals surface area contributed by atoms with E-state index in [9.17, 15) is 14.4 Å². The van der Waals surface area contributed by atoms with Crippen molar-refractivity contribution in [2.24, 2.45) is 0 Å². The summed E-state index contributed by atoms with van der Waals surface area (Å²) in [5, 5.41) is 0.759. The molecule has 2 aromatic heterocycles. The van der Waals surface area contributed by atoms with Crippen LogP contribution in [0, 0.1) is 6.92 Å². The number of hydrazine groups is 1. The van der Waals surface area contributed by atoms with E-state index in [1.807, 2.05) is 24.3 Å². The predicted molar refractivity (Wildman–Crippen MR) is 89.1 cm³/mol. The van der Waals surface area contributed by atoms with Gasteiger partial charge in [0.15, 0.2) is 11.2 Å². The fourth-order valence-corrected chi connectivity index (χ4v) is 2.47. The molecule has 0 saturated carbocycles. The van der Waals surface area contributed by atoms with Gasteiger partial charge in [0.05, 0.1) is 5.56 Å². The van der Waals surface area contributed by atoms with Gasteiger partial charge < -0.3 is 9.40 Å². The third kappa shape index (κ3) is 2.79. The van der Waals surface area contributed by atoms with Crippen LogP contribution in [0.15, 0.2) is 45.7 Å². The summed E-state index contributed by atoms with van der Waals surface area (Å²) in [6, 6.07) is 8.58. The first-order valence-corrected chi connectivity index (χ1v) is 7.25. The van der Waals surface area contributed by atoms with Crippen molar-refractivity contribution >= 4 is 28.5 Å². The summed E-state index contributed by atoms with van der Waals surface area (Å²) in [5.74, 6) is -0.631. The minimum absolute atomic E-state index is 0.0827. The maximum absolute atomic E-state index is 12.3. The molecule has 3 rings (SSSR count). The van der Waals surface area contributed by atoms with Gasteiger partial charge in [0.1, 0.15) is 11.3 Å². The number of aryl methyl sites for hydroxylation is 1. The van der Waals surface area contributed by atoms with E-state index in [0.717, 1.165) is 10.9 Å². The predicted octanol–water partition coefficient (Wildman–Crippen LogP) is 2.39. The average Bonchev–Trinajstić information content (AvgIpc) is 2.95. The summed E-state index contributed by atoms with van der Waals surface area (Å²) < 4.78 is 5.35. The van der Waals surface area contributed by atoms with Gasteiger partial charge in [0.25, 0.3) is 5.91 Å². The first-order chi connectivity index (χ1) is 11.5. The number of ketones is 1. The van der Waals surface area contributed by atoms with Gasteiger partial charge in [-0.1, -0.05) is 18.2 Å². The minimum atomic E-state index is -0.463. The van der Waals surface area contributed by atoms with Crippen molar-refractivity contribution in [3.05, 3.63) is 63.6 Å². The van der Waals surface area contributed by atoms with Crippen molar-refractivity contribution in [3.63, 3.8) is 0 Å². The number of hydrogen-bond acceptors (Lipinski definition) is 5. The number of amides is 1. The molecular formula is C17H15N3O4. The number of carbonyl (C=O) groups is 2. The summed E-state index contributed by atoms with van der Waals surface area (Å²) in [6.07, 6.45) is 1.58. The lowest BCUT2D eigenvalue weighted by atomic mass is 10.1. The fraction of sp³-hybridized carbons (Fsp3) is 0.118. The van der Waals surface area contributed by atoms with E-state index in [0.29, 0.717) is 11.3 Å². The lowest BCUT2D eigenvalue weighted by Crippen LogP contribution is -2.31. The topological polar surface area (TPSA) is 104 Å². The van der Waals surface area contributed by atoms with Crippen LogP contribution < -0.4 is 16.3 Å². The third-order valence-corrected chi connectivity index (χ3v) is 3.55. The largest absolute Gasteiger partial charge is 0.443 e. The summed E-state index contributed by atoms with van der Waals surface area (Å²) in [4.78, 5) is 38.9. The Bertz CT molecular complexity index is 1000. The van der Waals surface area contributed by atoms with Gasteiger partial charge in [-0.3, -0.25) is 25.2 Å². The van der Waals surface area contributed by atoms with Crippen molar-refractivity contribution in [2.45, 2.75) is 13.8 Å². The van der Waals surface area contributed by atoms with E-state index in [-0.39, 0.29) is 11.4 Å². The molecule has 0 aliphatic rings. The Kier molecular flexibility index (Phi) is 3.91. The van der Waals surface area contributed by atoms with Gasteiger partial charge in [-0.15, -0.1) is 0 Å². The maximum Gasteiger partial charge on any atom is 0.271 e. The Morgan fingerprint density at radius 3 is 2.71 bits per heavy atom. The van der Waals surface area contributed by atoms with E-state index in [1.54, 1.807) is 13.1 Å². The molecule has 0 radical (unpaired) electrons. The van der Waals surface area contributed by atoms with E-state index in [4.69, 9.17) is 4.42 Å². The number of rotatable bonds is 4. The Balaban J connectivity index is 1.87. The summed E-state index contributed by atoms with van der Waals surface area (Å²) in [5.41, 5.74) is 5.63. The van der Waals surface area contributed by atoms with Gasteiger partial charge in [-0.2, -0.15) is 0 Å². The number of nitrogens with one attached hydrogen (secondary N) is 3. The van der Waals surface area contributed by atoms with Crippen LogP contribution in [0.25, 0.3) is 10.9 Å². The zero-order valence-electron chi connectivity index (χ0n) is 13.1. The molecule has 3 N–H and O–H groups in total. The van der Waals surface area contributed by atoms with Gasteiger partial charge in [-0.25, -0.2) is 0 Å². The van der Waals surface area contributed by atoms with E-state index < -0.39 is 17.1 Å². The molecule has 3 aromatic rings. The van der Waals surface area contributed by atoms with E-state index in [1.165, 1.54) is 13.0 Å². The number of para-hydroxylation sites is 1. The fourth-order valence-electron chi connectivity index (χ4n) is 2.47. The highest BCUT2D eigenvalue weighted by Gasteiger charge is 2.17. The second-order valence-electron chi connectivity index (χ2n) is 5.31. The van der Waals surface area contributed by atoms with Crippen LogP contribution in [-0.2, 0) is 0 Å². The summed E-state index contributed by atoms with van der Waals surface area (Å²) in [7, 11) is 0. The SMILES string of the molecule is CC(=O)c1c(NNC(=O)c2c[nH]c3ccccc23)oc(C)cc1=O. The number of hydrogen-bond donors (Lipinski definition) is 3. The Morgan fingerprint density at radius 2 is 1.96 bits per heavy atom. The molecule has 7 nitrogen and oxygen atoms in total. The molecule has 1 amide bonds. The first-order valence-electron chi connectivity index (χ1n) is 7.25. The number of fused-ring (bicyclic) bond motifs is 1. The number of Topliss-reactive ketones (excluding diaryl/α,β-unsaturated/α-hetero) is 1. The maximum atomic E-state index is 12.3. The zero-order valence-corrected chi connectivity index (χ0v) is 13.1. The normalized spacial score (nSPS) is 10.6. The quantitative estimate of drug-likeness (QED) is 0.505. The zero-order chi connectivity index (χ0) is 17.3. The number of anilines is 1. The van der Waals surface area contributed by atoms with Gasteiger partial charge in [0, 0.05) is 23.2 Å². The van der Waals surface area contributed by atoms with Crippen molar-refractivity contribution in [3.8, 4) is 0 Å². The van der Waals surface area contributed by atoms with Crippen LogP contribution in [0.4, 0.5) is 5.88 Å². The average molecular weight is 325 g/mol. The van der Waals surface area contributed by atoms with Crippen LogP contribution in [0.2, 0.25) is 0 Å². The second kappa shape index (κ2) is 6.04. The standard InChI is InChI=1S/C17H15N3O4/c1-9-7-14(22)15(10(2)21)17(24-9)20-19-16(23)12-8-18-13-6-4-3-5-11(12)13/h3-8,18,20H,1-2H3,(H,19,23). The smallest absolute Gasteiger partial charge is 0.271 e. The van der Waals surface area contributed by atoms with Crippen LogP contribution in [-0.4, -0.2) is 16.7 Å². The number of aromatic amines is 1. The van der Waals surface area contributed by atoms with Crippen molar-refractivity contribution < 1.29 is 14.0 Å². The van der Waals surface area contributed by atoms with E-state index >= 15 is 0 Å². The molecule has 0 atom stereocenters. The number of H-pyrrole nitrogens is 1. The van der Waals surface area contributed by atoms with Crippen LogP contribution in [0.3, 0.4) is 0 Å². The van der Waals surface area contributed by atoms with Crippen LogP contribution >= 0.6 is 0 Å². The number of benzene rings is 1. The second-order valence-corrected chi connectivity index (χ2v) is 5.31. The highest BCUT2D eigenvalue weighted by Crippen LogP contribution is 2.18. The molecule has 0 unspecified atom stereocenters. The molecule has 0 saturated heterocycles. The van der Waals surface area contributed by atoms with Crippen molar-refractivity contribution in [2.75, 3.05) is 5.43 Å². The Labute approximate surface area is 136 Å². The Hall–Kier alpha value is -3.35. The number of aromatic nitrogens is 1. The van der Waals surface area contributed by atoms with Gasteiger partial charge >= 0.3 is 0 Å². The molecule has 0 bridgehead atoms. The van der Waals surface area contributed by atoms with Gasteiger partial charge in [-0.05, 0) is 19.9 Å². The molecule has 0 aliphatic heterocycles. The van der Waals surface area contributed by atoms with Gasteiger partial charge in [0.2, 0.25) is 5.88 Å². The third-order valence-electron chi connectivity index (χ3n) is 3.55. The minimum Gasteiger partial charge on any atom is -0.443 e. The van der Waals surface area contributed by atoms with Crippen LogP contribution in [0.1, 0.15) is 33.4 Å². The lowest BCUT2D eigenvalue weighted by Gasteiger charge is -2.10. The highest BCUT2D eigenvalue weighted by atomic mass is 16.4. The molecule has 2 heterocycles. The number of carbonyl (C=O) groups excluding carboxylic acids is 2. The molecule has 0 spiro atoms.